The highest BCUT2D eigenvalue weighted by atomic mass is 32.2. The molecular formula is C27H33N5O2S. The lowest BCUT2D eigenvalue weighted by atomic mass is 9.85. The van der Waals surface area contributed by atoms with Gasteiger partial charge in [-0.25, -0.2) is 4.98 Å². The minimum absolute atomic E-state index is 0.0145. The van der Waals surface area contributed by atoms with Crippen molar-refractivity contribution in [2.75, 3.05) is 25.9 Å². The highest BCUT2D eigenvalue weighted by Gasteiger charge is 2.33. The molecule has 0 N–H and O–H groups in total. The molecule has 0 spiro atoms. The summed E-state index contributed by atoms with van der Waals surface area (Å²) in [5.74, 6) is 0.839. The van der Waals surface area contributed by atoms with Crippen molar-refractivity contribution in [1.29, 1.82) is 0 Å². The van der Waals surface area contributed by atoms with Gasteiger partial charge < -0.3 is 9.80 Å². The van der Waals surface area contributed by atoms with E-state index in [9.17, 15) is 9.59 Å². The van der Waals surface area contributed by atoms with Gasteiger partial charge >= 0.3 is 0 Å². The molecular weight excluding hydrogens is 458 g/mol. The van der Waals surface area contributed by atoms with Crippen molar-refractivity contribution in [3.05, 3.63) is 77.7 Å². The fourth-order valence-corrected chi connectivity index (χ4v) is 5.57. The number of amides is 2. The molecule has 1 unspecified atom stereocenters. The van der Waals surface area contributed by atoms with Crippen LogP contribution in [0, 0.1) is 12.8 Å². The van der Waals surface area contributed by atoms with Crippen LogP contribution in [0.15, 0.2) is 65.8 Å². The van der Waals surface area contributed by atoms with Gasteiger partial charge in [-0.05, 0) is 55.9 Å². The molecule has 1 fully saturated rings. The number of likely N-dealkylation sites (N-methyl/N-ethyl adjacent to an activating group) is 1. The molecule has 1 aliphatic heterocycles. The maximum atomic E-state index is 13.4. The molecule has 3 aromatic rings. The van der Waals surface area contributed by atoms with Gasteiger partial charge in [-0.1, -0.05) is 48.2 Å². The number of hydrogen-bond acceptors (Lipinski definition) is 5. The van der Waals surface area contributed by atoms with Crippen LogP contribution in [0.25, 0.3) is 0 Å². The third kappa shape index (κ3) is 6.31. The Morgan fingerprint density at radius 1 is 1.11 bits per heavy atom. The van der Waals surface area contributed by atoms with Crippen LogP contribution in [-0.4, -0.2) is 68.3 Å². The van der Waals surface area contributed by atoms with Crippen LogP contribution in [-0.2, 0) is 18.3 Å². The summed E-state index contributed by atoms with van der Waals surface area (Å²) in [6.07, 6.45) is 4.28. The number of pyridine rings is 1. The van der Waals surface area contributed by atoms with Crippen LogP contribution >= 0.6 is 11.8 Å². The monoisotopic (exact) mass is 491 g/mol. The molecule has 184 valence electrons. The molecule has 35 heavy (non-hydrogen) atoms. The Balaban J connectivity index is 1.42. The second-order valence-electron chi connectivity index (χ2n) is 9.14. The van der Waals surface area contributed by atoms with E-state index in [1.807, 2.05) is 73.3 Å². The second kappa shape index (κ2) is 11.5. The van der Waals surface area contributed by atoms with E-state index in [2.05, 4.69) is 22.2 Å². The van der Waals surface area contributed by atoms with E-state index in [0.717, 1.165) is 30.0 Å². The van der Waals surface area contributed by atoms with Crippen molar-refractivity contribution in [3.8, 4) is 0 Å². The molecule has 0 bridgehead atoms. The molecule has 0 aliphatic carbocycles. The van der Waals surface area contributed by atoms with E-state index >= 15 is 0 Å². The number of carbonyl (C=O) groups is 2. The summed E-state index contributed by atoms with van der Waals surface area (Å²) in [6, 6.07) is 18.0. The topological polar surface area (TPSA) is 71.3 Å². The van der Waals surface area contributed by atoms with Gasteiger partial charge in [0.25, 0.3) is 5.91 Å². The second-order valence-corrected chi connectivity index (χ2v) is 10.1. The van der Waals surface area contributed by atoms with Gasteiger partial charge in [-0.15, -0.1) is 0 Å². The van der Waals surface area contributed by atoms with Crippen molar-refractivity contribution < 1.29 is 9.59 Å². The highest BCUT2D eigenvalue weighted by Crippen LogP contribution is 2.28. The number of aromatic nitrogens is 3. The molecule has 8 heteroatoms. The van der Waals surface area contributed by atoms with Crippen LogP contribution in [0.3, 0.4) is 0 Å². The number of piperidine rings is 1. The Bertz CT molecular complexity index is 1130. The molecule has 1 aliphatic rings. The summed E-state index contributed by atoms with van der Waals surface area (Å²) in [5, 5.41) is 5.22. The van der Waals surface area contributed by atoms with E-state index in [1.165, 1.54) is 17.3 Å². The summed E-state index contributed by atoms with van der Waals surface area (Å²) in [4.78, 5) is 34.4. The first kappa shape index (κ1) is 25.0. The maximum Gasteiger partial charge on any atom is 0.272 e. The van der Waals surface area contributed by atoms with Gasteiger partial charge in [0.2, 0.25) is 5.91 Å². The molecule has 0 radical (unpaired) electrons. The Labute approximate surface area is 211 Å². The average molecular weight is 492 g/mol. The van der Waals surface area contributed by atoms with Crippen LogP contribution in [0.1, 0.15) is 34.6 Å². The van der Waals surface area contributed by atoms with E-state index in [-0.39, 0.29) is 17.9 Å². The van der Waals surface area contributed by atoms with E-state index in [4.69, 9.17) is 0 Å². The first-order valence-corrected chi connectivity index (χ1v) is 13.0. The first-order valence-electron chi connectivity index (χ1n) is 12.1. The van der Waals surface area contributed by atoms with Gasteiger partial charge in [-0.2, -0.15) is 5.10 Å². The minimum atomic E-state index is -0.0145. The number of rotatable bonds is 8. The summed E-state index contributed by atoms with van der Waals surface area (Å²) < 4.78 is 1.66. The summed E-state index contributed by atoms with van der Waals surface area (Å²) >= 11 is 1.48. The van der Waals surface area contributed by atoms with Crippen molar-refractivity contribution in [2.24, 2.45) is 13.0 Å². The van der Waals surface area contributed by atoms with Gasteiger partial charge in [0.1, 0.15) is 5.69 Å². The van der Waals surface area contributed by atoms with Crippen LogP contribution in [0.2, 0.25) is 0 Å². The summed E-state index contributed by atoms with van der Waals surface area (Å²) in [6.45, 7) is 3.33. The van der Waals surface area contributed by atoms with Crippen molar-refractivity contribution in [3.63, 3.8) is 0 Å². The molecule has 4 rings (SSSR count). The normalized spacial score (nSPS) is 15.1. The molecule has 1 saturated heterocycles. The van der Waals surface area contributed by atoms with Crippen LogP contribution in [0.5, 0.6) is 0 Å². The van der Waals surface area contributed by atoms with Crippen molar-refractivity contribution >= 4 is 23.6 Å². The Kier molecular flexibility index (Phi) is 8.23. The average Bonchev–Trinajstić information content (AvgIpc) is 3.24. The van der Waals surface area contributed by atoms with Crippen molar-refractivity contribution in [2.45, 2.75) is 37.3 Å². The minimum Gasteiger partial charge on any atom is -0.342 e. The van der Waals surface area contributed by atoms with Gasteiger partial charge in [-0.3, -0.25) is 14.3 Å². The summed E-state index contributed by atoms with van der Waals surface area (Å²) in [7, 11) is 3.71. The zero-order valence-electron chi connectivity index (χ0n) is 20.6. The number of hydrogen-bond donors (Lipinski definition) is 0. The Morgan fingerprint density at radius 2 is 1.83 bits per heavy atom. The quantitative estimate of drug-likeness (QED) is 0.448. The highest BCUT2D eigenvalue weighted by molar-refractivity contribution is 7.99. The zero-order valence-corrected chi connectivity index (χ0v) is 21.4. The third-order valence-electron chi connectivity index (χ3n) is 6.74. The maximum absolute atomic E-state index is 13.4. The predicted octanol–water partition coefficient (Wildman–Crippen LogP) is 3.84. The standard InChI is InChI=1S/C27H33N5O2S/c1-20-17-24(31(3)29-20)27(34)30(2)23(18-21-9-5-4-6-10-21)22-12-15-32(16-13-22)26(33)19-35-25-11-7-8-14-28-25/h4-11,14,17,22-23H,12-13,15-16,18-19H2,1-3H3. The smallest absolute Gasteiger partial charge is 0.272 e. The zero-order chi connectivity index (χ0) is 24.8. The molecule has 2 aromatic heterocycles. The van der Waals surface area contributed by atoms with Gasteiger partial charge in [0.05, 0.1) is 16.5 Å². The Hall–Kier alpha value is -3.13. The molecule has 3 heterocycles. The third-order valence-corrected chi connectivity index (χ3v) is 7.67. The fraction of sp³-hybridized carbons (Fsp3) is 0.407. The predicted molar refractivity (Wildman–Crippen MR) is 138 cm³/mol. The molecule has 7 nitrogen and oxygen atoms in total. The lowest BCUT2D eigenvalue weighted by Crippen LogP contribution is -2.49. The number of carbonyl (C=O) groups excluding carboxylic acids is 2. The largest absolute Gasteiger partial charge is 0.342 e. The Morgan fingerprint density at radius 3 is 2.46 bits per heavy atom. The van der Waals surface area contributed by atoms with Crippen molar-refractivity contribution in [1.82, 2.24) is 24.6 Å². The van der Waals surface area contributed by atoms with Gasteiger partial charge in [0, 0.05) is 39.4 Å². The number of benzene rings is 1. The number of aryl methyl sites for hydroxylation is 2. The van der Waals surface area contributed by atoms with E-state index in [0.29, 0.717) is 30.5 Å². The lowest BCUT2D eigenvalue weighted by Gasteiger charge is -2.40. The number of likely N-dealkylation sites (tertiary alicyclic amines) is 1. The first-order chi connectivity index (χ1) is 16.9. The SMILES string of the molecule is Cc1cc(C(=O)N(C)C(Cc2ccccc2)C2CCN(C(=O)CSc3ccccn3)CC2)n(C)n1. The molecule has 1 atom stereocenters. The van der Waals surface area contributed by atoms with E-state index in [1.54, 1.807) is 10.9 Å². The fourth-order valence-electron chi connectivity index (χ4n) is 4.81. The number of thioether (sulfide) groups is 1. The molecule has 0 saturated carbocycles. The van der Waals surface area contributed by atoms with Crippen LogP contribution < -0.4 is 0 Å². The van der Waals surface area contributed by atoms with Crippen LogP contribution in [0.4, 0.5) is 0 Å². The molecule has 2 amide bonds. The van der Waals surface area contributed by atoms with Gasteiger partial charge in [0.15, 0.2) is 0 Å². The summed E-state index contributed by atoms with van der Waals surface area (Å²) in [5.41, 5.74) is 2.64. The molecule has 1 aromatic carbocycles. The number of nitrogens with zero attached hydrogens (tertiary/aromatic N) is 5. The lowest BCUT2D eigenvalue weighted by molar-refractivity contribution is -0.130. The van der Waals surface area contributed by atoms with E-state index < -0.39 is 0 Å².